The molecule has 0 aromatic heterocycles. The van der Waals surface area contributed by atoms with E-state index in [1.165, 1.54) is 11.1 Å². The normalized spacial score (nSPS) is 11.7. The van der Waals surface area contributed by atoms with Gasteiger partial charge in [-0.3, -0.25) is 0 Å². The van der Waals surface area contributed by atoms with Crippen molar-refractivity contribution in [2.75, 3.05) is 33.9 Å². The zero-order valence-corrected chi connectivity index (χ0v) is 16.1. The molecule has 0 unspecified atom stereocenters. The third kappa shape index (κ3) is 7.41. The molecule has 0 heterocycles. The summed E-state index contributed by atoms with van der Waals surface area (Å²) in [5.41, 5.74) is 3.67. The van der Waals surface area contributed by atoms with Gasteiger partial charge in [-0.05, 0) is 43.6 Å². The van der Waals surface area contributed by atoms with Crippen molar-refractivity contribution in [2.24, 2.45) is 0 Å². The fraction of sp³-hybridized carbons (Fsp3) is 0.556. The van der Waals surface area contributed by atoms with Crippen LogP contribution in [0.25, 0.3) is 5.57 Å². The van der Waals surface area contributed by atoms with Gasteiger partial charge in [0.15, 0.2) is 0 Å². The van der Waals surface area contributed by atoms with E-state index in [4.69, 9.17) is 8.85 Å². The SMILES string of the molecule is C=C(C)c1ccccc1CNCCNCCC[Si](C)(OC)OC. The molecule has 0 aliphatic heterocycles. The molecule has 0 spiro atoms. The molecule has 130 valence electrons. The zero-order valence-electron chi connectivity index (χ0n) is 15.1. The third-order valence-electron chi connectivity index (χ3n) is 4.12. The van der Waals surface area contributed by atoms with Gasteiger partial charge in [-0.25, -0.2) is 0 Å². The largest absolute Gasteiger partial charge is 0.398 e. The Morgan fingerprint density at radius 2 is 1.74 bits per heavy atom. The number of nitrogens with one attached hydrogen (secondary N) is 2. The van der Waals surface area contributed by atoms with E-state index < -0.39 is 8.56 Å². The van der Waals surface area contributed by atoms with Crippen molar-refractivity contribution in [3.8, 4) is 0 Å². The Hall–Kier alpha value is -0.983. The predicted molar refractivity (Wildman–Crippen MR) is 101 cm³/mol. The maximum Gasteiger partial charge on any atom is 0.334 e. The summed E-state index contributed by atoms with van der Waals surface area (Å²) in [6.07, 6.45) is 1.09. The lowest BCUT2D eigenvalue weighted by Gasteiger charge is -2.22. The van der Waals surface area contributed by atoms with Gasteiger partial charge in [0.2, 0.25) is 0 Å². The van der Waals surface area contributed by atoms with Crippen LogP contribution in [0.3, 0.4) is 0 Å². The van der Waals surface area contributed by atoms with Crippen molar-refractivity contribution in [1.82, 2.24) is 10.6 Å². The lowest BCUT2D eigenvalue weighted by Crippen LogP contribution is -2.37. The van der Waals surface area contributed by atoms with Gasteiger partial charge >= 0.3 is 8.56 Å². The summed E-state index contributed by atoms with van der Waals surface area (Å²) in [5.74, 6) is 0. The second kappa shape index (κ2) is 10.7. The van der Waals surface area contributed by atoms with Crippen molar-refractivity contribution in [3.63, 3.8) is 0 Å². The molecule has 0 aliphatic rings. The molecule has 0 aliphatic carbocycles. The zero-order chi connectivity index (χ0) is 17.1. The molecule has 0 radical (unpaired) electrons. The maximum absolute atomic E-state index is 5.48. The number of hydrogen-bond acceptors (Lipinski definition) is 4. The standard InChI is InChI=1S/C18H32N2O2Si/c1-16(2)18-10-7-6-9-17(18)15-20-13-12-19-11-8-14-23(5,21-3)22-4/h6-7,9-10,19-20H,1,8,11-15H2,2-5H3. The van der Waals surface area contributed by atoms with Crippen LogP contribution in [0.15, 0.2) is 30.8 Å². The van der Waals surface area contributed by atoms with Crippen LogP contribution in [0.5, 0.6) is 0 Å². The van der Waals surface area contributed by atoms with E-state index in [1.807, 2.05) is 0 Å². The predicted octanol–water partition coefficient (Wildman–Crippen LogP) is 3.15. The van der Waals surface area contributed by atoms with Crippen LogP contribution in [0.1, 0.15) is 24.5 Å². The summed E-state index contributed by atoms with van der Waals surface area (Å²) in [5, 5.41) is 6.94. The van der Waals surface area contributed by atoms with E-state index in [1.54, 1.807) is 14.2 Å². The van der Waals surface area contributed by atoms with E-state index in [-0.39, 0.29) is 0 Å². The first-order valence-electron chi connectivity index (χ1n) is 8.28. The highest BCUT2D eigenvalue weighted by molar-refractivity contribution is 6.65. The lowest BCUT2D eigenvalue weighted by atomic mass is 10.0. The van der Waals surface area contributed by atoms with Gasteiger partial charge in [0.25, 0.3) is 0 Å². The molecular formula is C18H32N2O2Si. The van der Waals surface area contributed by atoms with E-state index in [2.05, 4.69) is 54.9 Å². The number of allylic oxidation sites excluding steroid dienone is 1. The lowest BCUT2D eigenvalue weighted by molar-refractivity contribution is 0.248. The minimum absolute atomic E-state index is 0.878. The molecule has 5 heteroatoms. The fourth-order valence-corrected chi connectivity index (χ4v) is 3.83. The van der Waals surface area contributed by atoms with Gasteiger partial charge in [0.05, 0.1) is 0 Å². The Morgan fingerprint density at radius 3 is 2.39 bits per heavy atom. The molecule has 23 heavy (non-hydrogen) atoms. The van der Waals surface area contributed by atoms with Crippen LogP contribution in [0.4, 0.5) is 0 Å². The highest BCUT2D eigenvalue weighted by atomic mass is 28.4. The minimum atomic E-state index is -1.90. The Kier molecular flexibility index (Phi) is 9.36. The highest BCUT2D eigenvalue weighted by Gasteiger charge is 2.27. The summed E-state index contributed by atoms with van der Waals surface area (Å²) in [4.78, 5) is 0. The van der Waals surface area contributed by atoms with Crippen LogP contribution in [0.2, 0.25) is 12.6 Å². The molecule has 0 fully saturated rings. The molecule has 0 saturated heterocycles. The molecule has 0 amide bonds. The van der Waals surface area contributed by atoms with E-state index >= 15 is 0 Å². The summed E-state index contributed by atoms with van der Waals surface area (Å²) >= 11 is 0. The average Bonchev–Trinajstić information content (AvgIpc) is 2.57. The average molecular weight is 337 g/mol. The fourth-order valence-electron chi connectivity index (χ4n) is 2.44. The van der Waals surface area contributed by atoms with E-state index in [9.17, 15) is 0 Å². The van der Waals surface area contributed by atoms with Crippen LogP contribution in [-0.2, 0) is 15.4 Å². The van der Waals surface area contributed by atoms with Crippen LogP contribution >= 0.6 is 0 Å². The Morgan fingerprint density at radius 1 is 1.09 bits per heavy atom. The molecular weight excluding hydrogens is 304 g/mol. The van der Waals surface area contributed by atoms with Crippen molar-refractivity contribution < 1.29 is 8.85 Å². The van der Waals surface area contributed by atoms with Gasteiger partial charge in [0, 0.05) is 33.9 Å². The number of benzene rings is 1. The molecule has 4 nitrogen and oxygen atoms in total. The quantitative estimate of drug-likeness (QED) is 0.454. The van der Waals surface area contributed by atoms with Gasteiger partial charge < -0.3 is 19.5 Å². The second-order valence-electron chi connectivity index (χ2n) is 6.01. The first-order valence-corrected chi connectivity index (χ1v) is 10.8. The Labute approximate surface area is 142 Å². The van der Waals surface area contributed by atoms with E-state index in [0.29, 0.717) is 0 Å². The van der Waals surface area contributed by atoms with Gasteiger partial charge in [-0.1, -0.05) is 36.4 Å². The van der Waals surface area contributed by atoms with Crippen molar-refractivity contribution in [3.05, 3.63) is 42.0 Å². The van der Waals surface area contributed by atoms with Crippen molar-refractivity contribution >= 4 is 14.1 Å². The minimum Gasteiger partial charge on any atom is -0.398 e. The monoisotopic (exact) mass is 336 g/mol. The second-order valence-corrected chi connectivity index (χ2v) is 9.59. The van der Waals surface area contributed by atoms with Gasteiger partial charge in [-0.15, -0.1) is 0 Å². The number of rotatable bonds is 12. The maximum atomic E-state index is 5.48. The third-order valence-corrected chi connectivity index (χ3v) is 7.11. The Balaban J connectivity index is 2.14. The summed E-state index contributed by atoms with van der Waals surface area (Å²) in [6, 6.07) is 9.45. The Bertz CT molecular complexity index is 476. The molecule has 2 N–H and O–H groups in total. The van der Waals surface area contributed by atoms with Crippen LogP contribution < -0.4 is 10.6 Å². The molecule has 1 rings (SSSR count). The summed E-state index contributed by atoms with van der Waals surface area (Å²) < 4.78 is 11.0. The smallest absolute Gasteiger partial charge is 0.334 e. The molecule has 0 atom stereocenters. The topological polar surface area (TPSA) is 42.5 Å². The molecule has 0 saturated carbocycles. The van der Waals surface area contributed by atoms with E-state index in [0.717, 1.165) is 44.2 Å². The number of hydrogen-bond donors (Lipinski definition) is 2. The van der Waals surface area contributed by atoms with Crippen LogP contribution in [0, 0.1) is 0 Å². The van der Waals surface area contributed by atoms with Gasteiger partial charge in [-0.2, -0.15) is 0 Å². The summed E-state index contributed by atoms with van der Waals surface area (Å²) in [7, 11) is 1.59. The van der Waals surface area contributed by atoms with Crippen molar-refractivity contribution in [2.45, 2.75) is 32.5 Å². The highest BCUT2D eigenvalue weighted by Crippen LogP contribution is 2.16. The molecule has 1 aromatic rings. The first kappa shape index (κ1) is 20.1. The molecule has 1 aromatic carbocycles. The molecule has 0 bridgehead atoms. The first-order chi connectivity index (χ1) is 11.0. The summed E-state index contributed by atoms with van der Waals surface area (Å²) in [6.45, 7) is 12.0. The van der Waals surface area contributed by atoms with Crippen molar-refractivity contribution in [1.29, 1.82) is 0 Å². The van der Waals surface area contributed by atoms with Crippen LogP contribution in [-0.4, -0.2) is 42.4 Å². The van der Waals surface area contributed by atoms with Gasteiger partial charge in [0.1, 0.15) is 0 Å².